The standard InChI is InChI=1S/C28H41NO4S/c1-17-10-9-11-18(2)20(4)21(5)27(32)28(7,8)25(30)15-26(31)33-24(13-12-17)19(3)14-23-16-34-22(6)29-23/h9-10,12,14,16,18,20-21,24-25,30H,11,13,15H2,1-8H3/b10-9+,17-12-,19-14+/t18-,20-,21+,24-,25-/m0/s1. The maximum atomic E-state index is 13.3. The molecule has 1 aliphatic rings. The molecule has 0 fully saturated rings. The van der Waals surface area contributed by atoms with Crippen LogP contribution in [0.4, 0.5) is 0 Å². The van der Waals surface area contributed by atoms with Gasteiger partial charge in [-0.25, -0.2) is 4.98 Å². The molecule has 0 saturated heterocycles. The number of rotatable bonds is 2. The molecule has 5 atom stereocenters. The number of esters is 1. The van der Waals surface area contributed by atoms with Crippen molar-refractivity contribution in [3.63, 3.8) is 0 Å². The molecule has 0 aliphatic carbocycles. The van der Waals surface area contributed by atoms with E-state index in [1.165, 1.54) is 0 Å². The van der Waals surface area contributed by atoms with Gasteiger partial charge in [0.25, 0.3) is 0 Å². The van der Waals surface area contributed by atoms with Crippen LogP contribution < -0.4 is 0 Å². The van der Waals surface area contributed by atoms with Gasteiger partial charge in [0.1, 0.15) is 11.9 Å². The molecule has 0 aromatic carbocycles. The first-order chi connectivity index (χ1) is 15.8. The van der Waals surface area contributed by atoms with Crippen LogP contribution in [0.3, 0.4) is 0 Å². The van der Waals surface area contributed by atoms with Crippen LogP contribution in [0.5, 0.6) is 0 Å². The van der Waals surface area contributed by atoms with Crippen molar-refractivity contribution in [2.75, 3.05) is 0 Å². The lowest BCUT2D eigenvalue weighted by atomic mass is 9.70. The second kappa shape index (κ2) is 12.1. The van der Waals surface area contributed by atoms with E-state index in [0.717, 1.165) is 28.3 Å². The third-order valence-electron chi connectivity index (χ3n) is 7.26. The van der Waals surface area contributed by atoms with Gasteiger partial charge in [-0.2, -0.15) is 0 Å². The molecule has 1 aliphatic heterocycles. The molecule has 0 radical (unpaired) electrons. The number of aryl methyl sites for hydroxylation is 1. The molecule has 6 heteroatoms. The molecule has 0 spiro atoms. The molecule has 2 rings (SSSR count). The van der Waals surface area contributed by atoms with Gasteiger partial charge < -0.3 is 9.84 Å². The summed E-state index contributed by atoms with van der Waals surface area (Å²) in [6.07, 6.45) is 7.83. The SMILES string of the molecule is CC1=C/C[C@@H](/C(C)=C/c2csc(C)n2)OC(=O)C[C@H](O)C(C)(C)C(=O)[C@H](C)[C@@H](C)[C@@H](C)C\C=C\1. The number of hydrogen-bond donors (Lipinski definition) is 1. The Hall–Kier alpha value is -2.05. The maximum absolute atomic E-state index is 13.3. The molecule has 1 N–H and O–H groups in total. The minimum atomic E-state index is -1.12. The second-order valence-electron chi connectivity index (χ2n) is 10.4. The summed E-state index contributed by atoms with van der Waals surface area (Å²) in [6.45, 7) is 15.5. The van der Waals surface area contributed by atoms with Gasteiger partial charge in [0, 0.05) is 17.7 Å². The summed E-state index contributed by atoms with van der Waals surface area (Å²) in [4.78, 5) is 30.7. The Morgan fingerprint density at radius 3 is 2.50 bits per heavy atom. The predicted molar refractivity (Wildman–Crippen MR) is 139 cm³/mol. The fourth-order valence-electron chi connectivity index (χ4n) is 4.25. The average Bonchev–Trinajstić information content (AvgIpc) is 3.18. The summed E-state index contributed by atoms with van der Waals surface area (Å²) in [7, 11) is 0. The van der Waals surface area contributed by atoms with Crippen LogP contribution in [-0.2, 0) is 14.3 Å². The highest BCUT2D eigenvalue weighted by molar-refractivity contribution is 7.09. The second-order valence-corrected chi connectivity index (χ2v) is 11.5. The molecule has 0 saturated carbocycles. The van der Waals surface area contributed by atoms with E-state index in [2.05, 4.69) is 37.1 Å². The van der Waals surface area contributed by atoms with E-state index < -0.39 is 23.6 Å². The maximum Gasteiger partial charge on any atom is 0.309 e. The quantitative estimate of drug-likeness (QED) is 0.494. The number of hydrogen-bond acceptors (Lipinski definition) is 6. The number of allylic oxidation sites excluding steroid dienone is 3. The third-order valence-corrected chi connectivity index (χ3v) is 8.06. The number of ether oxygens (including phenoxy) is 1. The van der Waals surface area contributed by atoms with E-state index in [-0.39, 0.29) is 24.0 Å². The van der Waals surface area contributed by atoms with Gasteiger partial charge in [-0.1, -0.05) is 58.4 Å². The van der Waals surface area contributed by atoms with Crippen molar-refractivity contribution in [3.05, 3.63) is 45.5 Å². The number of aromatic nitrogens is 1. The normalized spacial score (nSPS) is 32.6. The lowest BCUT2D eigenvalue weighted by molar-refractivity contribution is -0.153. The fraction of sp³-hybridized carbons (Fsp3) is 0.607. The van der Waals surface area contributed by atoms with Crippen molar-refractivity contribution in [2.45, 2.75) is 86.9 Å². The van der Waals surface area contributed by atoms with Gasteiger partial charge in [0.05, 0.1) is 28.6 Å². The Morgan fingerprint density at radius 1 is 1.21 bits per heavy atom. The number of aliphatic hydroxyl groups excluding tert-OH is 1. The number of ketones is 1. The zero-order chi connectivity index (χ0) is 25.6. The zero-order valence-corrected chi connectivity index (χ0v) is 22.7. The Labute approximate surface area is 209 Å². The molecule has 188 valence electrons. The van der Waals surface area contributed by atoms with Crippen LogP contribution >= 0.6 is 11.3 Å². The van der Waals surface area contributed by atoms with Crippen LogP contribution in [-0.4, -0.2) is 34.1 Å². The molecular weight excluding hydrogens is 446 g/mol. The fourth-order valence-corrected chi connectivity index (χ4v) is 4.82. The first kappa shape index (κ1) is 28.2. The molecule has 34 heavy (non-hydrogen) atoms. The van der Waals surface area contributed by atoms with Crippen molar-refractivity contribution >= 4 is 29.2 Å². The number of carbonyl (C=O) groups is 2. The molecular formula is C28H41NO4S. The highest BCUT2D eigenvalue weighted by atomic mass is 32.1. The summed E-state index contributed by atoms with van der Waals surface area (Å²) in [5, 5.41) is 13.8. The average molecular weight is 488 g/mol. The Morgan fingerprint density at radius 2 is 1.88 bits per heavy atom. The Bertz CT molecular complexity index is 955. The van der Waals surface area contributed by atoms with Gasteiger partial charge in [-0.3, -0.25) is 9.59 Å². The smallest absolute Gasteiger partial charge is 0.309 e. The molecule has 1 aromatic rings. The zero-order valence-electron chi connectivity index (χ0n) is 21.9. The van der Waals surface area contributed by atoms with Gasteiger partial charge in [-0.05, 0) is 50.7 Å². The Balaban J connectivity index is 2.38. The summed E-state index contributed by atoms with van der Waals surface area (Å²) < 4.78 is 5.83. The highest BCUT2D eigenvalue weighted by Crippen LogP contribution is 2.34. The van der Waals surface area contributed by atoms with Crippen molar-refractivity contribution in [2.24, 2.45) is 23.2 Å². The van der Waals surface area contributed by atoms with E-state index in [4.69, 9.17) is 4.74 Å². The van der Waals surface area contributed by atoms with E-state index in [0.29, 0.717) is 12.3 Å². The predicted octanol–water partition coefficient (Wildman–Crippen LogP) is 6.32. The Kier molecular flexibility index (Phi) is 10.0. The lowest BCUT2D eigenvalue weighted by Crippen LogP contribution is -2.43. The third kappa shape index (κ3) is 7.47. The topological polar surface area (TPSA) is 76.5 Å². The molecule has 1 aromatic heterocycles. The van der Waals surface area contributed by atoms with E-state index in [1.807, 2.05) is 39.2 Å². The van der Waals surface area contributed by atoms with Crippen molar-refractivity contribution < 1.29 is 19.4 Å². The summed E-state index contributed by atoms with van der Waals surface area (Å²) >= 11 is 1.57. The van der Waals surface area contributed by atoms with Crippen LogP contribution in [0.2, 0.25) is 0 Å². The summed E-state index contributed by atoms with van der Waals surface area (Å²) in [5.41, 5.74) is 1.77. The number of cyclic esters (lactones) is 1. The van der Waals surface area contributed by atoms with Gasteiger partial charge in [0.2, 0.25) is 0 Å². The van der Waals surface area contributed by atoms with Crippen LogP contribution in [0.1, 0.15) is 78.4 Å². The monoisotopic (exact) mass is 487 g/mol. The minimum Gasteiger partial charge on any atom is -0.457 e. The van der Waals surface area contributed by atoms with Gasteiger partial charge in [0.15, 0.2) is 0 Å². The van der Waals surface area contributed by atoms with E-state index in [9.17, 15) is 14.7 Å². The van der Waals surface area contributed by atoms with Crippen LogP contribution in [0.15, 0.2) is 34.8 Å². The number of Topliss-reactive ketones (excluding diaryl/α,β-unsaturated/α-hetero) is 1. The van der Waals surface area contributed by atoms with E-state index >= 15 is 0 Å². The van der Waals surface area contributed by atoms with Crippen molar-refractivity contribution in [3.8, 4) is 0 Å². The van der Waals surface area contributed by atoms with Crippen LogP contribution in [0, 0.1) is 30.1 Å². The first-order valence-corrected chi connectivity index (χ1v) is 13.1. The van der Waals surface area contributed by atoms with Crippen molar-refractivity contribution in [1.82, 2.24) is 4.98 Å². The van der Waals surface area contributed by atoms with E-state index in [1.54, 1.807) is 25.2 Å². The van der Waals surface area contributed by atoms with Crippen molar-refractivity contribution in [1.29, 1.82) is 0 Å². The van der Waals surface area contributed by atoms with Gasteiger partial charge in [-0.15, -0.1) is 11.3 Å². The molecule has 5 nitrogen and oxygen atoms in total. The van der Waals surface area contributed by atoms with Gasteiger partial charge >= 0.3 is 5.97 Å². The summed E-state index contributed by atoms with van der Waals surface area (Å²) in [5.74, 6) is -0.296. The lowest BCUT2D eigenvalue weighted by Gasteiger charge is -2.35. The molecule has 0 amide bonds. The molecule has 0 unspecified atom stereocenters. The highest BCUT2D eigenvalue weighted by Gasteiger charge is 2.41. The molecule has 0 bridgehead atoms. The number of carbonyl (C=O) groups excluding carboxylic acids is 2. The molecule has 2 heterocycles. The first-order valence-electron chi connectivity index (χ1n) is 12.2. The summed E-state index contributed by atoms with van der Waals surface area (Å²) in [6, 6.07) is 0. The largest absolute Gasteiger partial charge is 0.457 e. The number of thiazole rings is 1. The minimum absolute atomic E-state index is 0.0224. The van der Waals surface area contributed by atoms with Crippen LogP contribution in [0.25, 0.3) is 6.08 Å². The number of nitrogens with zero attached hydrogens (tertiary/aromatic N) is 1. The number of aliphatic hydroxyl groups is 1.